The lowest BCUT2D eigenvalue weighted by molar-refractivity contribution is -0.127. The number of nitrogens with one attached hydrogen (secondary N) is 1. The molecule has 0 aromatic heterocycles. The zero-order valence-corrected chi connectivity index (χ0v) is 19.0. The SMILES string of the molecule is CCC(CC)(C(=O)NCC1(c2ccc3c(c2)OCO3)CCOCC1)c1ccc(Cl)cc1. The summed E-state index contributed by atoms with van der Waals surface area (Å²) in [6.07, 6.45) is 3.13. The highest BCUT2D eigenvalue weighted by atomic mass is 35.5. The first-order valence-corrected chi connectivity index (χ1v) is 11.4. The Hall–Kier alpha value is -2.24. The van der Waals surface area contributed by atoms with Crippen LogP contribution in [-0.4, -0.2) is 32.5 Å². The van der Waals surface area contributed by atoms with Crippen LogP contribution in [0.2, 0.25) is 5.02 Å². The monoisotopic (exact) mass is 443 g/mol. The summed E-state index contributed by atoms with van der Waals surface area (Å²) in [5, 5.41) is 3.99. The van der Waals surface area contributed by atoms with Gasteiger partial charge >= 0.3 is 0 Å². The summed E-state index contributed by atoms with van der Waals surface area (Å²) in [6.45, 7) is 6.30. The quantitative estimate of drug-likeness (QED) is 0.654. The summed E-state index contributed by atoms with van der Waals surface area (Å²) >= 11 is 6.09. The molecular formula is C25H30ClNO4. The molecule has 6 heteroatoms. The van der Waals surface area contributed by atoms with E-state index < -0.39 is 5.41 Å². The third-order valence-corrected chi connectivity index (χ3v) is 7.31. The minimum absolute atomic E-state index is 0.0615. The summed E-state index contributed by atoms with van der Waals surface area (Å²) < 4.78 is 16.7. The minimum atomic E-state index is -0.578. The van der Waals surface area contributed by atoms with Gasteiger partial charge in [0.2, 0.25) is 12.7 Å². The van der Waals surface area contributed by atoms with E-state index in [1.165, 1.54) is 0 Å². The number of ether oxygens (including phenoxy) is 3. The van der Waals surface area contributed by atoms with E-state index in [4.69, 9.17) is 25.8 Å². The Balaban J connectivity index is 1.59. The van der Waals surface area contributed by atoms with Crippen molar-refractivity contribution in [1.29, 1.82) is 0 Å². The first kappa shape index (κ1) is 22.0. The molecule has 31 heavy (non-hydrogen) atoms. The average molecular weight is 444 g/mol. The molecule has 0 bridgehead atoms. The van der Waals surface area contributed by atoms with Crippen molar-refractivity contribution < 1.29 is 19.0 Å². The summed E-state index contributed by atoms with van der Waals surface area (Å²) in [5.41, 5.74) is 1.39. The van der Waals surface area contributed by atoms with E-state index in [1.54, 1.807) is 0 Å². The molecule has 0 saturated carbocycles. The highest BCUT2D eigenvalue weighted by Crippen LogP contribution is 2.41. The number of fused-ring (bicyclic) bond motifs is 1. The fraction of sp³-hybridized carbons (Fsp3) is 0.480. The van der Waals surface area contributed by atoms with Crippen LogP contribution in [0.4, 0.5) is 0 Å². The molecule has 2 heterocycles. The highest BCUT2D eigenvalue weighted by molar-refractivity contribution is 6.30. The molecular weight excluding hydrogens is 414 g/mol. The van der Waals surface area contributed by atoms with E-state index in [9.17, 15) is 4.79 Å². The molecule has 1 fully saturated rings. The summed E-state index contributed by atoms with van der Waals surface area (Å²) in [7, 11) is 0. The molecule has 4 rings (SSSR count). The van der Waals surface area contributed by atoms with Crippen molar-refractivity contribution in [3.63, 3.8) is 0 Å². The fourth-order valence-corrected chi connectivity index (χ4v) is 4.98. The predicted molar refractivity (Wildman–Crippen MR) is 121 cm³/mol. The molecule has 2 aliphatic rings. The lowest BCUT2D eigenvalue weighted by atomic mass is 9.72. The van der Waals surface area contributed by atoms with Crippen LogP contribution in [0.1, 0.15) is 50.7 Å². The number of amides is 1. The first-order chi connectivity index (χ1) is 15.0. The molecule has 2 aliphatic heterocycles. The fourth-order valence-electron chi connectivity index (χ4n) is 4.85. The van der Waals surface area contributed by atoms with Crippen LogP contribution < -0.4 is 14.8 Å². The Labute approximate surface area is 189 Å². The van der Waals surface area contributed by atoms with Crippen LogP contribution >= 0.6 is 11.6 Å². The lowest BCUT2D eigenvalue weighted by Gasteiger charge is -2.39. The molecule has 1 saturated heterocycles. The third kappa shape index (κ3) is 4.13. The molecule has 0 spiro atoms. The number of benzene rings is 2. The van der Waals surface area contributed by atoms with Crippen LogP contribution in [0, 0.1) is 0 Å². The smallest absolute Gasteiger partial charge is 0.231 e. The van der Waals surface area contributed by atoms with Gasteiger partial charge in [-0.1, -0.05) is 43.6 Å². The number of hydrogen-bond donors (Lipinski definition) is 1. The van der Waals surface area contributed by atoms with Crippen molar-refractivity contribution >= 4 is 17.5 Å². The topological polar surface area (TPSA) is 56.8 Å². The van der Waals surface area contributed by atoms with Crippen LogP contribution in [0.15, 0.2) is 42.5 Å². The molecule has 5 nitrogen and oxygen atoms in total. The molecule has 1 amide bonds. The zero-order chi connectivity index (χ0) is 21.9. The van der Waals surface area contributed by atoms with Gasteiger partial charge in [0.05, 0.1) is 5.41 Å². The Kier molecular flexibility index (Phi) is 6.44. The van der Waals surface area contributed by atoms with E-state index in [0.717, 1.165) is 48.3 Å². The van der Waals surface area contributed by atoms with Crippen LogP contribution in [0.25, 0.3) is 0 Å². The van der Waals surface area contributed by atoms with Gasteiger partial charge in [-0.25, -0.2) is 0 Å². The minimum Gasteiger partial charge on any atom is -0.454 e. The Morgan fingerprint density at radius 2 is 1.71 bits per heavy atom. The van der Waals surface area contributed by atoms with Crippen molar-refractivity contribution in [2.45, 2.75) is 50.4 Å². The Bertz CT molecular complexity index is 918. The van der Waals surface area contributed by atoms with Gasteiger partial charge in [0.15, 0.2) is 11.5 Å². The van der Waals surface area contributed by atoms with Gasteiger partial charge < -0.3 is 19.5 Å². The highest BCUT2D eigenvalue weighted by Gasteiger charge is 2.40. The number of carbonyl (C=O) groups excluding carboxylic acids is 1. The van der Waals surface area contributed by atoms with Crippen molar-refractivity contribution in [3.05, 3.63) is 58.6 Å². The van der Waals surface area contributed by atoms with E-state index in [1.807, 2.05) is 30.3 Å². The maximum atomic E-state index is 13.6. The normalized spacial score (nSPS) is 17.4. The molecule has 0 radical (unpaired) electrons. The molecule has 2 aromatic rings. The van der Waals surface area contributed by atoms with E-state index >= 15 is 0 Å². The predicted octanol–water partition coefficient (Wildman–Crippen LogP) is 4.99. The second kappa shape index (κ2) is 9.09. The van der Waals surface area contributed by atoms with Gasteiger partial charge in [-0.05, 0) is 61.1 Å². The zero-order valence-electron chi connectivity index (χ0n) is 18.2. The van der Waals surface area contributed by atoms with Crippen molar-refractivity contribution in [1.82, 2.24) is 5.32 Å². The van der Waals surface area contributed by atoms with E-state index in [-0.39, 0.29) is 18.1 Å². The van der Waals surface area contributed by atoms with Gasteiger partial charge in [-0.3, -0.25) is 4.79 Å². The molecule has 2 aromatic carbocycles. The van der Waals surface area contributed by atoms with E-state index in [0.29, 0.717) is 24.8 Å². The molecule has 0 unspecified atom stereocenters. The van der Waals surface area contributed by atoms with Gasteiger partial charge in [0.25, 0.3) is 0 Å². The van der Waals surface area contributed by atoms with Gasteiger partial charge in [-0.2, -0.15) is 0 Å². The molecule has 1 N–H and O–H groups in total. The van der Waals surface area contributed by atoms with Crippen LogP contribution in [0.3, 0.4) is 0 Å². The van der Waals surface area contributed by atoms with E-state index in [2.05, 4.69) is 31.3 Å². The lowest BCUT2D eigenvalue weighted by Crippen LogP contribution is -2.50. The second-order valence-electron chi connectivity index (χ2n) is 8.44. The largest absolute Gasteiger partial charge is 0.454 e. The van der Waals surface area contributed by atoms with Crippen LogP contribution in [-0.2, 0) is 20.4 Å². The third-order valence-electron chi connectivity index (χ3n) is 7.06. The molecule has 166 valence electrons. The number of halogens is 1. The summed E-state index contributed by atoms with van der Waals surface area (Å²) in [4.78, 5) is 13.6. The maximum absolute atomic E-state index is 13.6. The standard InChI is InChI=1S/C25H30ClNO4/c1-3-25(4-2,18-5-8-20(26)9-6-18)23(28)27-16-24(11-13-29-14-12-24)19-7-10-21-22(15-19)31-17-30-21/h5-10,15H,3-4,11-14,16-17H2,1-2H3,(H,27,28). The first-order valence-electron chi connectivity index (χ1n) is 11.1. The van der Waals surface area contributed by atoms with Crippen molar-refractivity contribution in [3.8, 4) is 11.5 Å². The molecule has 0 aliphatic carbocycles. The van der Waals surface area contributed by atoms with Gasteiger partial charge in [0, 0.05) is 30.2 Å². The average Bonchev–Trinajstić information content (AvgIpc) is 3.28. The Morgan fingerprint density at radius 3 is 2.39 bits per heavy atom. The molecule has 0 atom stereocenters. The number of carbonyl (C=O) groups is 1. The number of rotatable bonds is 7. The maximum Gasteiger partial charge on any atom is 0.231 e. The van der Waals surface area contributed by atoms with Crippen LogP contribution in [0.5, 0.6) is 11.5 Å². The Morgan fingerprint density at radius 1 is 1.03 bits per heavy atom. The van der Waals surface area contributed by atoms with Crippen molar-refractivity contribution in [2.24, 2.45) is 0 Å². The summed E-state index contributed by atoms with van der Waals surface area (Å²) in [6, 6.07) is 13.8. The van der Waals surface area contributed by atoms with Crippen molar-refractivity contribution in [2.75, 3.05) is 26.6 Å². The number of hydrogen-bond acceptors (Lipinski definition) is 4. The summed E-state index contributed by atoms with van der Waals surface area (Å²) in [5.74, 6) is 1.60. The van der Waals surface area contributed by atoms with Gasteiger partial charge in [0.1, 0.15) is 0 Å². The second-order valence-corrected chi connectivity index (χ2v) is 8.88. The van der Waals surface area contributed by atoms with Gasteiger partial charge in [-0.15, -0.1) is 0 Å².